The highest BCUT2D eigenvalue weighted by Gasteiger charge is 2.08. The standard InChI is InChI=1S/C42H85NO2/c1-4-7-9-11-13-15-17-19-21-23-25-27-29-31-33-35-39-43(41-37-38-42(44)45-6-3)40-36-34-32-30-28-26-24-22-20-18-16-14-12-10-8-5-2/h4-41H2,1-3H3. The summed E-state index contributed by atoms with van der Waals surface area (Å²) < 4.78 is 5.15. The topological polar surface area (TPSA) is 29.5 Å². The van der Waals surface area contributed by atoms with Gasteiger partial charge in [-0.15, -0.1) is 0 Å². The molecule has 0 fully saturated rings. The van der Waals surface area contributed by atoms with Gasteiger partial charge in [-0.1, -0.05) is 206 Å². The average molecular weight is 636 g/mol. The summed E-state index contributed by atoms with van der Waals surface area (Å²) in [6, 6.07) is 0. The second-order valence-electron chi connectivity index (χ2n) is 14.4. The molecule has 0 aromatic rings. The van der Waals surface area contributed by atoms with E-state index in [1.54, 1.807) is 0 Å². The summed E-state index contributed by atoms with van der Waals surface area (Å²) >= 11 is 0. The van der Waals surface area contributed by atoms with Crippen LogP contribution in [-0.2, 0) is 9.53 Å². The van der Waals surface area contributed by atoms with Gasteiger partial charge in [0.15, 0.2) is 0 Å². The SMILES string of the molecule is CCCCCCCCCCCCCCCCCCN(CCCCCCCCCCCCCCCCCC)CCCC(=O)OCC. The molecule has 0 amide bonds. The van der Waals surface area contributed by atoms with Crippen LogP contribution in [0.5, 0.6) is 0 Å². The first-order chi connectivity index (χ1) is 22.2. The van der Waals surface area contributed by atoms with Gasteiger partial charge in [-0.05, 0) is 45.8 Å². The summed E-state index contributed by atoms with van der Waals surface area (Å²) in [4.78, 5) is 14.5. The highest BCUT2D eigenvalue weighted by molar-refractivity contribution is 5.69. The van der Waals surface area contributed by atoms with Crippen LogP contribution in [0.15, 0.2) is 0 Å². The summed E-state index contributed by atoms with van der Waals surface area (Å²) in [7, 11) is 0. The number of unbranched alkanes of at least 4 members (excludes halogenated alkanes) is 30. The van der Waals surface area contributed by atoms with Crippen molar-refractivity contribution in [3.8, 4) is 0 Å². The maximum atomic E-state index is 11.8. The van der Waals surface area contributed by atoms with Crippen molar-refractivity contribution in [2.75, 3.05) is 26.2 Å². The molecule has 0 aliphatic carbocycles. The van der Waals surface area contributed by atoms with Crippen molar-refractivity contribution in [1.82, 2.24) is 4.90 Å². The van der Waals surface area contributed by atoms with Gasteiger partial charge in [0.05, 0.1) is 6.61 Å². The van der Waals surface area contributed by atoms with E-state index in [0.29, 0.717) is 13.0 Å². The number of carbonyl (C=O) groups is 1. The number of esters is 1. The van der Waals surface area contributed by atoms with Crippen molar-refractivity contribution >= 4 is 5.97 Å². The second kappa shape index (κ2) is 39.6. The molecule has 45 heavy (non-hydrogen) atoms. The zero-order valence-electron chi connectivity index (χ0n) is 31.6. The fourth-order valence-corrected chi connectivity index (χ4v) is 6.78. The molecular weight excluding hydrogens is 550 g/mol. The molecule has 0 rings (SSSR count). The molecule has 3 nitrogen and oxygen atoms in total. The van der Waals surface area contributed by atoms with Crippen LogP contribution in [0.3, 0.4) is 0 Å². The second-order valence-corrected chi connectivity index (χ2v) is 14.4. The lowest BCUT2D eigenvalue weighted by Crippen LogP contribution is -2.28. The number of hydrogen-bond donors (Lipinski definition) is 0. The summed E-state index contributed by atoms with van der Waals surface area (Å²) in [6.07, 6.45) is 47.1. The van der Waals surface area contributed by atoms with E-state index in [1.807, 2.05) is 6.92 Å². The van der Waals surface area contributed by atoms with Gasteiger partial charge in [0.1, 0.15) is 0 Å². The van der Waals surface area contributed by atoms with E-state index in [-0.39, 0.29) is 5.97 Å². The monoisotopic (exact) mass is 636 g/mol. The van der Waals surface area contributed by atoms with Gasteiger partial charge in [0.2, 0.25) is 0 Å². The van der Waals surface area contributed by atoms with E-state index in [2.05, 4.69) is 18.7 Å². The van der Waals surface area contributed by atoms with Crippen molar-refractivity contribution < 1.29 is 9.53 Å². The Hall–Kier alpha value is -0.570. The van der Waals surface area contributed by atoms with Gasteiger partial charge in [-0.3, -0.25) is 4.79 Å². The van der Waals surface area contributed by atoms with Crippen molar-refractivity contribution in [2.24, 2.45) is 0 Å². The molecule has 0 spiro atoms. The van der Waals surface area contributed by atoms with Gasteiger partial charge in [-0.2, -0.15) is 0 Å². The van der Waals surface area contributed by atoms with Crippen LogP contribution in [0, 0.1) is 0 Å². The minimum Gasteiger partial charge on any atom is -0.466 e. The Labute approximate surface area is 285 Å². The smallest absolute Gasteiger partial charge is 0.305 e. The quantitative estimate of drug-likeness (QED) is 0.0497. The molecule has 0 bridgehead atoms. The number of rotatable bonds is 39. The Morgan fingerprint density at radius 1 is 0.356 bits per heavy atom. The van der Waals surface area contributed by atoms with Crippen molar-refractivity contribution in [1.29, 1.82) is 0 Å². The summed E-state index contributed by atoms with van der Waals surface area (Å²) in [6.45, 7) is 10.5. The third-order valence-electron chi connectivity index (χ3n) is 9.82. The van der Waals surface area contributed by atoms with Crippen LogP contribution in [0.1, 0.15) is 239 Å². The Kier molecular flexibility index (Phi) is 39.1. The van der Waals surface area contributed by atoms with Crippen LogP contribution < -0.4 is 0 Å². The molecule has 270 valence electrons. The fourth-order valence-electron chi connectivity index (χ4n) is 6.78. The van der Waals surface area contributed by atoms with Crippen LogP contribution >= 0.6 is 0 Å². The van der Waals surface area contributed by atoms with E-state index in [0.717, 1.165) is 13.0 Å². The van der Waals surface area contributed by atoms with Crippen molar-refractivity contribution in [2.45, 2.75) is 239 Å². The van der Waals surface area contributed by atoms with Crippen LogP contribution in [0.25, 0.3) is 0 Å². The summed E-state index contributed by atoms with van der Waals surface area (Å²) in [5, 5.41) is 0. The first kappa shape index (κ1) is 44.4. The maximum Gasteiger partial charge on any atom is 0.305 e. The third-order valence-corrected chi connectivity index (χ3v) is 9.82. The van der Waals surface area contributed by atoms with E-state index in [9.17, 15) is 4.79 Å². The van der Waals surface area contributed by atoms with Gasteiger partial charge in [0.25, 0.3) is 0 Å². The molecule has 0 aliphatic heterocycles. The molecule has 0 aliphatic rings. The third kappa shape index (κ3) is 37.8. The van der Waals surface area contributed by atoms with Gasteiger partial charge in [-0.25, -0.2) is 0 Å². The van der Waals surface area contributed by atoms with Crippen molar-refractivity contribution in [3.63, 3.8) is 0 Å². The highest BCUT2D eigenvalue weighted by Crippen LogP contribution is 2.16. The number of hydrogen-bond acceptors (Lipinski definition) is 3. The van der Waals surface area contributed by atoms with Crippen LogP contribution in [0.2, 0.25) is 0 Å². The minimum absolute atomic E-state index is 0.0257. The Bertz CT molecular complexity index is 515. The van der Waals surface area contributed by atoms with Crippen LogP contribution in [-0.4, -0.2) is 37.1 Å². The molecule has 0 aromatic heterocycles. The fraction of sp³-hybridized carbons (Fsp3) is 0.976. The average Bonchev–Trinajstić information content (AvgIpc) is 3.04. The number of nitrogens with zero attached hydrogens (tertiary/aromatic N) is 1. The molecule has 0 radical (unpaired) electrons. The molecule has 0 saturated carbocycles. The predicted molar refractivity (Wildman–Crippen MR) is 201 cm³/mol. The highest BCUT2D eigenvalue weighted by atomic mass is 16.5. The van der Waals surface area contributed by atoms with Gasteiger partial charge < -0.3 is 9.64 Å². The van der Waals surface area contributed by atoms with Crippen molar-refractivity contribution in [3.05, 3.63) is 0 Å². The molecule has 0 aromatic carbocycles. The molecular formula is C42H85NO2. The molecule has 0 atom stereocenters. The van der Waals surface area contributed by atoms with E-state index in [1.165, 1.54) is 219 Å². The Morgan fingerprint density at radius 2 is 0.600 bits per heavy atom. The van der Waals surface area contributed by atoms with E-state index < -0.39 is 0 Å². The lowest BCUT2D eigenvalue weighted by atomic mass is 10.0. The molecule has 0 saturated heterocycles. The first-order valence-corrected chi connectivity index (χ1v) is 21.1. The van der Waals surface area contributed by atoms with E-state index in [4.69, 9.17) is 4.74 Å². The zero-order chi connectivity index (χ0) is 32.7. The first-order valence-electron chi connectivity index (χ1n) is 21.1. The van der Waals surface area contributed by atoms with Gasteiger partial charge in [0, 0.05) is 6.42 Å². The molecule has 0 N–H and O–H groups in total. The lowest BCUT2D eigenvalue weighted by Gasteiger charge is -2.22. The predicted octanol–water partition coefficient (Wildman–Crippen LogP) is 14.2. The molecule has 0 unspecified atom stereocenters. The summed E-state index contributed by atoms with van der Waals surface area (Å²) in [5.41, 5.74) is 0. The minimum atomic E-state index is -0.0257. The Balaban J connectivity index is 3.76. The number of ether oxygens (including phenoxy) is 1. The molecule has 3 heteroatoms. The normalized spacial score (nSPS) is 11.6. The maximum absolute atomic E-state index is 11.8. The van der Waals surface area contributed by atoms with E-state index >= 15 is 0 Å². The largest absolute Gasteiger partial charge is 0.466 e. The Morgan fingerprint density at radius 3 is 0.867 bits per heavy atom. The van der Waals surface area contributed by atoms with Gasteiger partial charge >= 0.3 is 5.97 Å². The zero-order valence-corrected chi connectivity index (χ0v) is 31.6. The lowest BCUT2D eigenvalue weighted by molar-refractivity contribution is -0.143. The summed E-state index contributed by atoms with van der Waals surface area (Å²) in [5.74, 6) is -0.0257. The van der Waals surface area contributed by atoms with Crippen LogP contribution in [0.4, 0.5) is 0 Å². The number of carbonyl (C=O) groups excluding carboxylic acids is 1. The molecule has 0 heterocycles.